The van der Waals surface area contributed by atoms with Crippen LogP contribution in [0.4, 0.5) is 0 Å². The van der Waals surface area contributed by atoms with Crippen molar-refractivity contribution in [3.8, 4) is 0 Å². The molecule has 0 saturated carbocycles. The van der Waals surface area contributed by atoms with Crippen molar-refractivity contribution < 1.29 is 14.3 Å². The first-order chi connectivity index (χ1) is 8.49. The van der Waals surface area contributed by atoms with E-state index in [-0.39, 0.29) is 17.8 Å². The van der Waals surface area contributed by atoms with Gasteiger partial charge in [-0.15, -0.1) is 0 Å². The van der Waals surface area contributed by atoms with E-state index in [1.165, 1.54) is 0 Å². The molecule has 0 heterocycles. The average molecular weight is 257 g/mol. The van der Waals surface area contributed by atoms with E-state index >= 15 is 0 Å². The van der Waals surface area contributed by atoms with Crippen LogP contribution in [0, 0.1) is 11.8 Å². The Morgan fingerprint density at radius 1 is 1.22 bits per heavy atom. The number of hydrogen-bond acceptors (Lipinski definition) is 3. The third kappa shape index (κ3) is 9.02. The summed E-state index contributed by atoms with van der Waals surface area (Å²) in [5.41, 5.74) is 0. The molecule has 1 N–H and O–H groups in total. The van der Waals surface area contributed by atoms with Gasteiger partial charge in [-0.2, -0.15) is 0 Å². The van der Waals surface area contributed by atoms with Crippen LogP contribution < -0.4 is 5.32 Å². The molecule has 0 rings (SSSR count). The maximum atomic E-state index is 11.6. The summed E-state index contributed by atoms with van der Waals surface area (Å²) in [6.07, 6.45) is 3.53. The number of unbranched alkanes of at least 4 members (excludes halogenated alkanes) is 1. The van der Waals surface area contributed by atoms with Crippen molar-refractivity contribution in [2.75, 3.05) is 13.7 Å². The lowest BCUT2D eigenvalue weighted by Gasteiger charge is -2.17. The molecule has 4 heteroatoms. The molecule has 0 bridgehead atoms. The molecule has 0 fully saturated rings. The molecular formula is C14H27NO3. The second-order valence-corrected chi connectivity index (χ2v) is 5.15. The lowest BCUT2D eigenvalue weighted by Crippen LogP contribution is -2.24. The molecule has 18 heavy (non-hydrogen) atoms. The van der Waals surface area contributed by atoms with Gasteiger partial charge in [-0.25, -0.2) is 0 Å². The molecule has 0 aromatic rings. The Bertz CT molecular complexity index is 251. The van der Waals surface area contributed by atoms with E-state index in [0.717, 1.165) is 19.3 Å². The SMILES string of the molecule is CCCCOC(=O)CC(CC(=O)NC)CC(C)C. The summed E-state index contributed by atoms with van der Waals surface area (Å²) in [6.45, 7) is 6.74. The van der Waals surface area contributed by atoms with E-state index in [1.54, 1.807) is 7.05 Å². The summed E-state index contributed by atoms with van der Waals surface area (Å²) in [5, 5.41) is 2.60. The summed E-state index contributed by atoms with van der Waals surface area (Å²) in [5.74, 6) is 0.363. The Labute approximate surface area is 110 Å². The van der Waals surface area contributed by atoms with Gasteiger partial charge in [-0.1, -0.05) is 27.2 Å². The van der Waals surface area contributed by atoms with Gasteiger partial charge in [0.2, 0.25) is 5.91 Å². The molecule has 0 aliphatic carbocycles. The predicted octanol–water partition coefficient (Wildman–Crippen LogP) is 2.52. The predicted molar refractivity (Wildman–Crippen MR) is 72.1 cm³/mol. The van der Waals surface area contributed by atoms with Crippen LogP contribution in [0.2, 0.25) is 0 Å². The zero-order valence-corrected chi connectivity index (χ0v) is 12.1. The van der Waals surface area contributed by atoms with Gasteiger partial charge in [0, 0.05) is 19.9 Å². The maximum Gasteiger partial charge on any atom is 0.306 e. The zero-order chi connectivity index (χ0) is 14.0. The fraction of sp³-hybridized carbons (Fsp3) is 0.857. The Morgan fingerprint density at radius 3 is 2.39 bits per heavy atom. The van der Waals surface area contributed by atoms with E-state index in [1.807, 2.05) is 0 Å². The van der Waals surface area contributed by atoms with Crippen LogP contribution in [0.15, 0.2) is 0 Å². The van der Waals surface area contributed by atoms with Crippen LogP contribution in [0.25, 0.3) is 0 Å². The summed E-state index contributed by atoms with van der Waals surface area (Å²) in [7, 11) is 1.62. The number of amides is 1. The van der Waals surface area contributed by atoms with Gasteiger partial charge >= 0.3 is 5.97 Å². The number of rotatable bonds is 9. The fourth-order valence-corrected chi connectivity index (χ4v) is 1.89. The van der Waals surface area contributed by atoms with Crippen LogP contribution in [0.1, 0.15) is 52.9 Å². The molecule has 4 nitrogen and oxygen atoms in total. The molecule has 0 saturated heterocycles. The minimum absolute atomic E-state index is 0.0120. The molecule has 1 amide bonds. The monoisotopic (exact) mass is 257 g/mol. The van der Waals surface area contributed by atoms with E-state index in [0.29, 0.717) is 25.4 Å². The summed E-state index contributed by atoms with van der Waals surface area (Å²) in [4.78, 5) is 23.0. The summed E-state index contributed by atoms with van der Waals surface area (Å²) in [6, 6.07) is 0. The molecule has 0 aliphatic heterocycles. The number of hydrogen-bond donors (Lipinski definition) is 1. The van der Waals surface area contributed by atoms with Gasteiger partial charge in [0.15, 0.2) is 0 Å². The molecule has 1 unspecified atom stereocenters. The second-order valence-electron chi connectivity index (χ2n) is 5.15. The van der Waals surface area contributed by atoms with Crippen LogP contribution >= 0.6 is 0 Å². The van der Waals surface area contributed by atoms with Gasteiger partial charge in [0.05, 0.1) is 6.61 Å². The van der Waals surface area contributed by atoms with Gasteiger partial charge in [0.1, 0.15) is 0 Å². The topological polar surface area (TPSA) is 55.4 Å². The average Bonchev–Trinajstić information content (AvgIpc) is 2.28. The Hall–Kier alpha value is -1.06. The van der Waals surface area contributed by atoms with Gasteiger partial charge < -0.3 is 10.1 Å². The molecule has 0 radical (unpaired) electrons. The van der Waals surface area contributed by atoms with Crippen molar-refractivity contribution in [3.05, 3.63) is 0 Å². The highest BCUT2D eigenvalue weighted by atomic mass is 16.5. The minimum Gasteiger partial charge on any atom is -0.466 e. The summed E-state index contributed by atoms with van der Waals surface area (Å²) >= 11 is 0. The molecule has 0 aliphatic rings. The van der Waals surface area contributed by atoms with Crippen LogP contribution in [-0.2, 0) is 14.3 Å². The van der Waals surface area contributed by atoms with Crippen molar-refractivity contribution in [3.63, 3.8) is 0 Å². The zero-order valence-electron chi connectivity index (χ0n) is 12.1. The lowest BCUT2D eigenvalue weighted by atomic mass is 9.91. The van der Waals surface area contributed by atoms with Crippen LogP contribution in [-0.4, -0.2) is 25.5 Å². The van der Waals surface area contributed by atoms with Gasteiger partial charge in [-0.3, -0.25) is 9.59 Å². The number of esters is 1. The Balaban J connectivity index is 4.13. The molecular weight excluding hydrogens is 230 g/mol. The quantitative estimate of drug-likeness (QED) is 0.510. The molecule has 106 valence electrons. The fourth-order valence-electron chi connectivity index (χ4n) is 1.89. The molecule has 0 spiro atoms. The number of ether oxygens (including phenoxy) is 1. The normalized spacial score (nSPS) is 12.3. The van der Waals surface area contributed by atoms with Gasteiger partial charge in [0.25, 0.3) is 0 Å². The van der Waals surface area contributed by atoms with E-state index < -0.39 is 0 Å². The number of carbonyl (C=O) groups is 2. The van der Waals surface area contributed by atoms with E-state index in [2.05, 4.69) is 26.1 Å². The standard InChI is InChI=1S/C14H27NO3/c1-5-6-7-18-14(17)10-12(8-11(2)3)9-13(16)15-4/h11-12H,5-10H2,1-4H3,(H,15,16). The highest BCUT2D eigenvalue weighted by Gasteiger charge is 2.19. The molecule has 0 aromatic heterocycles. The molecule has 1 atom stereocenters. The Morgan fingerprint density at radius 2 is 1.89 bits per heavy atom. The third-order valence-corrected chi connectivity index (χ3v) is 2.77. The second kappa shape index (κ2) is 9.92. The van der Waals surface area contributed by atoms with Crippen LogP contribution in [0.3, 0.4) is 0 Å². The Kier molecular flexibility index (Phi) is 9.33. The van der Waals surface area contributed by atoms with Crippen molar-refractivity contribution in [1.29, 1.82) is 0 Å². The summed E-state index contributed by atoms with van der Waals surface area (Å²) < 4.78 is 5.14. The first-order valence-corrected chi connectivity index (χ1v) is 6.85. The van der Waals surface area contributed by atoms with Crippen molar-refractivity contribution in [2.24, 2.45) is 11.8 Å². The first kappa shape index (κ1) is 16.9. The first-order valence-electron chi connectivity index (χ1n) is 6.85. The maximum absolute atomic E-state index is 11.6. The van der Waals surface area contributed by atoms with E-state index in [4.69, 9.17) is 4.74 Å². The minimum atomic E-state index is -0.182. The van der Waals surface area contributed by atoms with Crippen molar-refractivity contribution in [2.45, 2.75) is 52.9 Å². The van der Waals surface area contributed by atoms with Crippen molar-refractivity contribution in [1.82, 2.24) is 5.32 Å². The number of nitrogens with one attached hydrogen (secondary N) is 1. The highest BCUT2D eigenvalue weighted by molar-refractivity contribution is 5.77. The van der Waals surface area contributed by atoms with Gasteiger partial charge in [-0.05, 0) is 24.7 Å². The van der Waals surface area contributed by atoms with E-state index in [9.17, 15) is 9.59 Å². The largest absolute Gasteiger partial charge is 0.466 e. The number of carbonyl (C=O) groups excluding carboxylic acids is 2. The highest BCUT2D eigenvalue weighted by Crippen LogP contribution is 2.19. The molecule has 0 aromatic carbocycles. The van der Waals surface area contributed by atoms with Crippen LogP contribution in [0.5, 0.6) is 0 Å². The third-order valence-electron chi connectivity index (χ3n) is 2.77. The smallest absolute Gasteiger partial charge is 0.306 e. The van der Waals surface area contributed by atoms with Crippen molar-refractivity contribution >= 4 is 11.9 Å². The lowest BCUT2D eigenvalue weighted by molar-refractivity contribution is -0.145.